The smallest absolute Gasteiger partial charge is 0.293 e. The lowest BCUT2D eigenvalue weighted by Crippen LogP contribution is -1.88. The predicted octanol–water partition coefficient (Wildman–Crippen LogP) is 0.534. The first-order chi connectivity index (χ1) is 4.41. The molecule has 0 amide bonds. The first kappa shape index (κ1) is 11.3. The monoisotopic (exact) mass is 133 g/mol. The molecule has 0 atom stereocenters. The third-order valence-electron chi connectivity index (χ3n) is 0.684. The number of nitrogens with two attached hydrogens (primary N) is 1. The van der Waals surface area contributed by atoms with Gasteiger partial charge in [0.1, 0.15) is 0 Å². The molecule has 2 N–H and O–H groups in total. The molecule has 0 fully saturated rings. The van der Waals surface area contributed by atoms with E-state index >= 15 is 0 Å². The van der Waals surface area contributed by atoms with Crippen molar-refractivity contribution in [2.24, 2.45) is 5.73 Å². The van der Waals surface area contributed by atoms with Crippen LogP contribution in [0.3, 0.4) is 0 Å². The number of carbonyl (C=O) groups is 1. The highest BCUT2D eigenvalue weighted by Gasteiger charge is 1.78. The van der Waals surface area contributed by atoms with Crippen LogP contribution >= 0.6 is 0 Å². The maximum absolute atomic E-state index is 9.46. The summed E-state index contributed by atoms with van der Waals surface area (Å²) in [6, 6.07) is 0. The Balaban J connectivity index is 0. The lowest BCUT2D eigenvalue weighted by Gasteiger charge is -1.90. The van der Waals surface area contributed by atoms with Gasteiger partial charge in [-0.3, -0.25) is 4.79 Å². The first-order valence-corrected chi connectivity index (χ1v) is 3.04. The van der Waals surface area contributed by atoms with Crippen LogP contribution in [0.15, 0.2) is 0 Å². The quantitative estimate of drug-likeness (QED) is 0.449. The van der Waals surface area contributed by atoms with Crippen LogP contribution in [-0.2, 0) is 9.53 Å². The van der Waals surface area contributed by atoms with Gasteiger partial charge in [-0.25, -0.2) is 0 Å². The third-order valence-corrected chi connectivity index (χ3v) is 0.684. The van der Waals surface area contributed by atoms with E-state index in [9.17, 15) is 4.79 Å². The summed E-state index contributed by atoms with van der Waals surface area (Å²) in [7, 11) is 1.50. The molecule has 0 heterocycles. The number of hydrogen-bond donors (Lipinski definition) is 1. The maximum atomic E-state index is 9.46. The maximum Gasteiger partial charge on any atom is 0.293 e. The van der Waals surface area contributed by atoms with E-state index in [1.807, 2.05) is 6.92 Å². The summed E-state index contributed by atoms with van der Waals surface area (Å²) in [6.45, 7) is 3.10. The Morgan fingerprint density at radius 3 is 2.44 bits per heavy atom. The van der Waals surface area contributed by atoms with Crippen molar-refractivity contribution in [3.8, 4) is 0 Å². The van der Waals surface area contributed by atoms with Gasteiger partial charge in [-0.15, -0.1) is 0 Å². The number of hydrogen-bond acceptors (Lipinski definition) is 3. The Hall–Kier alpha value is -0.570. The van der Waals surface area contributed by atoms with Crippen LogP contribution in [0.25, 0.3) is 0 Å². The van der Waals surface area contributed by atoms with E-state index in [0.29, 0.717) is 13.1 Å². The minimum absolute atomic E-state index is 0.482. The van der Waals surface area contributed by atoms with E-state index in [2.05, 4.69) is 10.5 Å². The van der Waals surface area contributed by atoms with Gasteiger partial charge in [0.05, 0.1) is 6.61 Å². The molecule has 3 heteroatoms. The van der Waals surface area contributed by atoms with Crippen molar-refractivity contribution < 1.29 is 9.53 Å². The van der Waals surface area contributed by atoms with Crippen LogP contribution in [-0.4, -0.2) is 20.1 Å². The number of carbonyl (C=O) groups excluding carboxylic acids is 1. The van der Waals surface area contributed by atoms with Gasteiger partial charge < -0.3 is 10.5 Å². The fourth-order valence-electron chi connectivity index (χ4n) is 0.276. The molecular formula is C6H15NO2. The molecule has 0 spiro atoms. The van der Waals surface area contributed by atoms with Crippen LogP contribution in [0, 0.1) is 0 Å². The fraction of sp³-hybridized carbons (Fsp3) is 0.833. The highest BCUT2D eigenvalue weighted by atomic mass is 16.5. The Morgan fingerprint density at radius 2 is 2.11 bits per heavy atom. The van der Waals surface area contributed by atoms with Gasteiger partial charge in [-0.1, -0.05) is 13.3 Å². The fourth-order valence-corrected chi connectivity index (χ4v) is 0.276. The second-order valence-electron chi connectivity index (χ2n) is 1.32. The van der Waals surface area contributed by atoms with Crippen molar-refractivity contribution in [2.75, 3.05) is 13.7 Å². The molecule has 9 heavy (non-hydrogen) atoms. The van der Waals surface area contributed by atoms with E-state index in [4.69, 9.17) is 0 Å². The number of unbranched alkanes of at least 4 members (excludes halogenated alkanes) is 1. The molecule has 0 unspecified atom stereocenters. The summed E-state index contributed by atoms with van der Waals surface area (Å²) in [6.07, 6.45) is 2.05. The third kappa shape index (κ3) is 18.6. The molecule has 3 nitrogen and oxygen atoms in total. The molecule has 0 aromatic rings. The lowest BCUT2D eigenvalue weighted by atomic mass is 10.4. The van der Waals surface area contributed by atoms with E-state index in [1.54, 1.807) is 0 Å². The lowest BCUT2D eigenvalue weighted by molar-refractivity contribution is -0.128. The molecule has 0 rings (SSSR count). The number of ether oxygens (including phenoxy) is 1. The van der Waals surface area contributed by atoms with Crippen LogP contribution in [0.4, 0.5) is 0 Å². The summed E-state index contributed by atoms with van der Waals surface area (Å²) in [5, 5.41) is 0. The molecule has 0 aromatic heterocycles. The van der Waals surface area contributed by atoms with E-state index in [-0.39, 0.29) is 0 Å². The van der Waals surface area contributed by atoms with Crippen molar-refractivity contribution in [1.29, 1.82) is 0 Å². The Bertz CT molecular complexity index is 48.3. The summed E-state index contributed by atoms with van der Waals surface area (Å²) in [5.74, 6) is 0. The zero-order valence-corrected chi connectivity index (χ0v) is 6.09. The topological polar surface area (TPSA) is 52.3 Å². The molecule has 0 aliphatic heterocycles. The van der Waals surface area contributed by atoms with Gasteiger partial charge >= 0.3 is 0 Å². The van der Waals surface area contributed by atoms with Crippen LogP contribution < -0.4 is 5.73 Å². The second-order valence-corrected chi connectivity index (χ2v) is 1.32. The molecular weight excluding hydrogens is 118 g/mol. The molecule has 0 radical (unpaired) electrons. The van der Waals surface area contributed by atoms with Gasteiger partial charge in [0.2, 0.25) is 0 Å². The first-order valence-electron chi connectivity index (χ1n) is 3.04. The molecule has 0 saturated heterocycles. The minimum Gasteiger partial charge on any atom is -0.468 e. The molecule has 56 valence electrons. The average molecular weight is 133 g/mol. The highest BCUT2D eigenvalue weighted by Crippen LogP contribution is 1.83. The zero-order valence-electron chi connectivity index (χ0n) is 6.09. The van der Waals surface area contributed by atoms with E-state index in [1.165, 1.54) is 7.05 Å². The molecule has 0 aliphatic rings. The standard InChI is InChI=1S/C5H10O2.CH5N/c1-2-3-4-7-5-6;1-2/h5H,2-4H2,1H3;2H2,1H3. The summed E-state index contributed by atoms with van der Waals surface area (Å²) in [4.78, 5) is 9.46. The van der Waals surface area contributed by atoms with Crippen LogP contribution in [0.2, 0.25) is 0 Å². The highest BCUT2D eigenvalue weighted by molar-refractivity contribution is 5.36. The Morgan fingerprint density at radius 1 is 1.56 bits per heavy atom. The van der Waals surface area contributed by atoms with Crippen LogP contribution in [0.5, 0.6) is 0 Å². The summed E-state index contributed by atoms with van der Waals surface area (Å²) in [5.41, 5.74) is 4.50. The van der Waals surface area contributed by atoms with Crippen molar-refractivity contribution >= 4 is 6.47 Å². The van der Waals surface area contributed by atoms with Crippen molar-refractivity contribution in [3.05, 3.63) is 0 Å². The Labute approximate surface area is 56.2 Å². The van der Waals surface area contributed by atoms with Gasteiger partial charge in [0.15, 0.2) is 0 Å². The minimum atomic E-state index is 0.482. The molecule has 0 aromatic carbocycles. The largest absolute Gasteiger partial charge is 0.468 e. The van der Waals surface area contributed by atoms with Gasteiger partial charge in [-0.2, -0.15) is 0 Å². The van der Waals surface area contributed by atoms with Crippen LogP contribution in [0.1, 0.15) is 19.8 Å². The van der Waals surface area contributed by atoms with Crippen molar-refractivity contribution in [1.82, 2.24) is 0 Å². The second kappa shape index (κ2) is 15.7. The normalized spacial score (nSPS) is 7.00. The Kier molecular flexibility index (Phi) is 19.6. The summed E-state index contributed by atoms with van der Waals surface area (Å²) < 4.78 is 4.39. The van der Waals surface area contributed by atoms with Gasteiger partial charge in [0.25, 0.3) is 6.47 Å². The SMILES string of the molecule is CCCCOC=O.CN. The number of rotatable bonds is 4. The van der Waals surface area contributed by atoms with Gasteiger partial charge in [-0.05, 0) is 13.5 Å². The van der Waals surface area contributed by atoms with Gasteiger partial charge in [0, 0.05) is 0 Å². The molecule has 0 bridgehead atoms. The van der Waals surface area contributed by atoms with Crippen molar-refractivity contribution in [2.45, 2.75) is 19.8 Å². The molecule has 0 saturated carbocycles. The van der Waals surface area contributed by atoms with Crippen molar-refractivity contribution in [3.63, 3.8) is 0 Å². The predicted molar refractivity (Wildman–Crippen MR) is 37.0 cm³/mol. The van der Waals surface area contributed by atoms with E-state index < -0.39 is 0 Å². The summed E-state index contributed by atoms with van der Waals surface area (Å²) >= 11 is 0. The molecule has 0 aliphatic carbocycles. The zero-order chi connectivity index (χ0) is 7.54. The average Bonchev–Trinajstić information content (AvgIpc) is 1.94. The van der Waals surface area contributed by atoms with E-state index in [0.717, 1.165) is 12.8 Å².